The molecule has 0 saturated carbocycles. The first-order chi connectivity index (χ1) is 22.3. The van der Waals surface area contributed by atoms with Crippen molar-refractivity contribution >= 4 is 43.9 Å². The fourth-order valence-corrected chi connectivity index (χ4v) is 6.17. The number of methoxy groups -OCH3 is 1. The fourth-order valence-electron chi connectivity index (χ4n) is 5.62. The van der Waals surface area contributed by atoms with Crippen LogP contribution in [0.2, 0.25) is 0 Å². The van der Waals surface area contributed by atoms with Crippen LogP contribution >= 0.6 is 0 Å². The van der Waals surface area contributed by atoms with Gasteiger partial charge in [0.05, 0.1) is 36.1 Å². The molecule has 0 radical (unpaired) electrons. The molecule has 2 amide bonds. The summed E-state index contributed by atoms with van der Waals surface area (Å²) in [5.41, 5.74) is 2.57. The summed E-state index contributed by atoms with van der Waals surface area (Å²) in [7, 11) is -2.18. The summed E-state index contributed by atoms with van der Waals surface area (Å²) >= 11 is 0. The largest absolute Gasteiger partial charge is 0.492 e. The van der Waals surface area contributed by atoms with E-state index in [1.807, 2.05) is 63.2 Å². The van der Waals surface area contributed by atoms with Gasteiger partial charge in [-0.05, 0) is 47.9 Å². The number of carbonyl (C=O) groups is 1. The minimum absolute atomic E-state index is 0.201. The van der Waals surface area contributed by atoms with Crippen molar-refractivity contribution in [1.82, 2.24) is 14.8 Å². The first-order valence-electron chi connectivity index (χ1n) is 15.7. The molecule has 3 N–H and O–H groups in total. The van der Waals surface area contributed by atoms with E-state index in [9.17, 15) is 13.2 Å². The monoisotopic (exact) mass is 660 g/mol. The number of nitrogens with zero attached hydrogens (tertiary/aromatic N) is 3. The first-order valence-corrected chi connectivity index (χ1v) is 17.6. The Bertz CT molecular complexity index is 1850. The number of likely N-dealkylation sites (N-methyl/N-ethyl adjacent to an activating group) is 1. The van der Waals surface area contributed by atoms with Crippen molar-refractivity contribution < 1.29 is 22.7 Å². The standard InChI is InChI=1S/C35H44N6O5S/c1-7-40-16-18-41(19-17-40)23-25-22-26(14-15-36-25)46-32-13-12-29(27-10-8-9-11-28(27)32)37-34(42)38-30-20-24(35(2,3)4)21-31(33(30)45-5)39-47(6,43)44/h8-15,20-22,39H,7,16-19,23H2,1-6H3,(H2,37,38,42). The molecule has 11 nitrogen and oxygen atoms in total. The average molecular weight is 661 g/mol. The molecule has 1 aromatic heterocycles. The quantitative estimate of drug-likeness (QED) is 0.176. The second-order valence-corrected chi connectivity index (χ2v) is 14.5. The normalized spacial score (nSPS) is 14.5. The van der Waals surface area contributed by atoms with Gasteiger partial charge in [-0.3, -0.25) is 14.6 Å². The van der Waals surface area contributed by atoms with Crippen molar-refractivity contribution in [3.05, 3.63) is 78.1 Å². The van der Waals surface area contributed by atoms with Crippen LogP contribution in [0.15, 0.2) is 66.9 Å². The van der Waals surface area contributed by atoms with Gasteiger partial charge in [-0.2, -0.15) is 0 Å². The molecule has 0 spiro atoms. The molecule has 1 aliphatic heterocycles. The summed E-state index contributed by atoms with van der Waals surface area (Å²) in [5, 5.41) is 7.42. The highest BCUT2D eigenvalue weighted by molar-refractivity contribution is 7.92. The zero-order valence-corrected chi connectivity index (χ0v) is 28.7. The van der Waals surface area contributed by atoms with Gasteiger partial charge >= 0.3 is 6.03 Å². The number of piperazine rings is 1. The lowest BCUT2D eigenvalue weighted by atomic mass is 9.86. The van der Waals surface area contributed by atoms with Crippen LogP contribution in [0.4, 0.5) is 21.9 Å². The van der Waals surface area contributed by atoms with E-state index in [0.717, 1.165) is 67.6 Å². The molecule has 1 saturated heterocycles. The number of hydrogen-bond acceptors (Lipinski definition) is 8. The number of amides is 2. The highest BCUT2D eigenvalue weighted by Gasteiger charge is 2.23. The van der Waals surface area contributed by atoms with E-state index >= 15 is 0 Å². The number of aromatic nitrogens is 1. The van der Waals surface area contributed by atoms with E-state index in [-0.39, 0.29) is 16.9 Å². The number of urea groups is 1. The van der Waals surface area contributed by atoms with Gasteiger partial charge in [-0.15, -0.1) is 0 Å². The molecular formula is C35H44N6O5S. The second kappa shape index (κ2) is 14.2. The first kappa shape index (κ1) is 34.0. The zero-order chi connectivity index (χ0) is 33.8. The smallest absolute Gasteiger partial charge is 0.323 e. The van der Waals surface area contributed by atoms with Gasteiger partial charge in [0.1, 0.15) is 11.5 Å². The Hall–Kier alpha value is -4.39. The Kier molecular flexibility index (Phi) is 10.2. The third kappa shape index (κ3) is 8.70. The molecule has 2 heterocycles. The van der Waals surface area contributed by atoms with Crippen molar-refractivity contribution in [2.24, 2.45) is 0 Å². The summed E-state index contributed by atoms with van der Waals surface area (Å²) in [4.78, 5) is 22.8. The van der Waals surface area contributed by atoms with Crippen molar-refractivity contribution in [2.75, 3.05) is 61.4 Å². The van der Waals surface area contributed by atoms with Gasteiger partial charge in [0.2, 0.25) is 10.0 Å². The number of fused-ring (bicyclic) bond motifs is 1. The number of carbonyl (C=O) groups excluding carboxylic acids is 1. The van der Waals surface area contributed by atoms with E-state index in [2.05, 4.69) is 37.1 Å². The molecule has 5 rings (SSSR count). The van der Waals surface area contributed by atoms with Gasteiger partial charge < -0.3 is 25.0 Å². The summed E-state index contributed by atoms with van der Waals surface area (Å²) in [6.07, 6.45) is 2.84. The van der Waals surface area contributed by atoms with Crippen LogP contribution in [0, 0.1) is 0 Å². The molecule has 0 bridgehead atoms. The number of sulfonamides is 1. The number of anilines is 3. The highest BCUT2D eigenvalue weighted by Crippen LogP contribution is 2.40. The molecule has 250 valence electrons. The minimum Gasteiger partial charge on any atom is -0.492 e. The number of pyridine rings is 1. The van der Waals surface area contributed by atoms with Gasteiger partial charge in [-0.25, -0.2) is 13.2 Å². The predicted octanol–water partition coefficient (Wildman–Crippen LogP) is 6.49. The summed E-state index contributed by atoms with van der Waals surface area (Å²) in [6.45, 7) is 14.2. The van der Waals surface area contributed by atoms with E-state index < -0.39 is 16.1 Å². The number of hydrogen-bond donors (Lipinski definition) is 3. The van der Waals surface area contributed by atoms with Gasteiger partial charge in [0.25, 0.3) is 0 Å². The zero-order valence-electron chi connectivity index (χ0n) is 27.9. The molecule has 12 heteroatoms. The van der Waals surface area contributed by atoms with Crippen LogP contribution in [0.1, 0.15) is 39.0 Å². The third-order valence-corrected chi connectivity index (χ3v) is 8.74. The Labute approximate surface area is 277 Å². The third-order valence-electron chi connectivity index (χ3n) is 8.15. The number of benzene rings is 3. The Morgan fingerprint density at radius 2 is 1.55 bits per heavy atom. The fraction of sp³-hybridized carbons (Fsp3) is 0.371. The highest BCUT2D eigenvalue weighted by atomic mass is 32.2. The summed E-state index contributed by atoms with van der Waals surface area (Å²) < 4.78 is 38.6. The molecule has 0 unspecified atom stereocenters. The van der Waals surface area contributed by atoms with E-state index in [1.54, 1.807) is 24.4 Å². The second-order valence-electron chi connectivity index (χ2n) is 12.8. The van der Waals surface area contributed by atoms with Crippen molar-refractivity contribution in [3.8, 4) is 17.2 Å². The van der Waals surface area contributed by atoms with Crippen molar-refractivity contribution in [1.29, 1.82) is 0 Å². The summed E-state index contributed by atoms with van der Waals surface area (Å²) in [5.74, 6) is 1.54. The lowest BCUT2D eigenvalue weighted by Gasteiger charge is -2.33. The van der Waals surface area contributed by atoms with E-state index in [4.69, 9.17) is 9.47 Å². The SMILES string of the molecule is CCN1CCN(Cc2cc(Oc3ccc(NC(=O)Nc4cc(C(C)(C)C)cc(NS(C)(=O)=O)c4OC)c4ccccc34)ccn2)CC1. The maximum Gasteiger partial charge on any atom is 0.323 e. The number of ether oxygens (including phenoxy) is 2. The maximum atomic E-state index is 13.4. The lowest BCUT2D eigenvalue weighted by Crippen LogP contribution is -2.45. The minimum atomic E-state index is -3.61. The van der Waals surface area contributed by atoms with Crippen molar-refractivity contribution in [2.45, 2.75) is 39.7 Å². The van der Waals surface area contributed by atoms with Gasteiger partial charge in [-0.1, -0.05) is 52.0 Å². The van der Waals surface area contributed by atoms with Crippen LogP contribution in [0.5, 0.6) is 17.2 Å². The number of nitrogens with one attached hydrogen (secondary N) is 3. The van der Waals surface area contributed by atoms with Crippen molar-refractivity contribution in [3.63, 3.8) is 0 Å². The lowest BCUT2D eigenvalue weighted by molar-refractivity contribution is 0.131. The molecule has 1 fully saturated rings. The van der Waals surface area contributed by atoms with E-state index in [0.29, 0.717) is 22.9 Å². The topological polar surface area (TPSA) is 125 Å². The van der Waals surface area contributed by atoms with Crippen LogP contribution < -0.4 is 24.8 Å². The molecule has 4 aromatic rings. The molecule has 1 aliphatic rings. The Morgan fingerprint density at radius 3 is 2.21 bits per heavy atom. The Balaban J connectivity index is 1.36. The van der Waals surface area contributed by atoms with Crippen LogP contribution in [0.25, 0.3) is 10.8 Å². The van der Waals surface area contributed by atoms with Gasteiger partial charge in [0, 0.05) is 55.8 Å². The molecule has 47 heavy (non-hydrogen) atoms. The summed E-state index contributed by atoms with van der Waals surface area (Å²) in [6, 6.07) is 18.1. The van der Waals surface area contributed by atoms with Gasteiger partial charge in [0.15, 0.2) is 5.75 Å². The van der Waals surface area contributed by atoms with Crippen LogP contribution in [-0.2, 0) is 22.0 Å². The predicted molar refractivity (Wildman–Crippen MR) is 188 cm³/mol. The Morgan fingerprint density at radius 1 is 0.894 bits per heavy atom. The molecule has 0 aliphatic carbocycles. The molecule has 3 aromatic carbocycles. The molecular weight excluding hydrogens is 616 g/mol. The maximum absolute atomic E-state index is 13.4. The average Bonchev–Trinajstić information content (AvgIpc) is 3.01. The number of rotatable bonds is 10. The molecule has 0 atom stereocenters. The van der Waals surface area contributed by atoms with E-state index in [1.165, 1.54) is 7.11 Å². The van der Waals surface area contributed by atoms with Crippen LogP contribution in [0.3, 0.4) is 0 Å². The van der Waals surface area contributed by atoms with Crippen LogP contribution in [-0.4, -0.2) is 75.3 Å².